The lowest BCUT2D eigenvalue weighted by atomic mass is 10.2. The molecule has 0 aromatic carbocycles. The van der Waals surface area contributed by atoms with Crippen LogP contribution in [-0.2, 0) is 19.4 Å². The van der Waals surface area contributed by atoms with E-state index in [0.29, 0.717) is 19.5 Å². The van der Waals surface area contributed by atoms with Gasteiger partial charge in [-0.2, -0.15) is 0 Å². The number of sulfone groups is 1. The molecular formula is C11H21N3O4S. The summed E-state index contributed by atoms with van der Waals surface area (Å²) in [6.07, 6.45) is 1.94. The van der Waals surface area contributed by atoms with Crippen LogP contribution >= 0.6 is 0 Å². The lowest BCUT2D eigenvalue weighted by Crippen LogP contribution is -2.45. The molecular weight excluding hydrogens is 270 g/mol. The van der Waals surface area contributed by atoms with Crippen molar-refractivity contribution in [3.8, 4) is 0 Å². The predicted molar refractivity (Wildman–Crippen MR) is 71.1 cm³/mol. The minimum Gasteiger partial charge on any atom is -0.352 e. The summed E-state index contributed by atoms with van der Waals surface area (Å²) in [5.74, 6) is -0.472. The number of hydrogen-bond acceptors (Lipinski definition) is 5. The highest BCUT2D eigenvalue weighted by atomic mass is 32.2. The maximum atomic E-state index is 12.0. The molecule has 0 aliphatic carbocycles. The summed E-state index contributed by atoms with van der Waals surface area (Å²) >= 11 is 0. The Balaban J connectivity index is 2.44. The predicted octanol–water partition coefficient (Wildman–Crippen LogP) is -1.51. The third kappa shape index (κ3) is 5.56. The van der Waals surface area contributed by atoms with Crippen LogP contribution < -0.4 is 11.1 Å². The van der Waals surface area contributed by atoms with E-state index in [4.69, 9.17) is 5.73 Å². The normalized spacial score (nSPS) is 21.2. The van der Waals surface area contributed by atoms with E-state index in [-0.39, 0.29) is 30.0 Å². The topological polar surface area (TPSA) is 110 Å². The van der Waals surface area contributed by atoms with Crippen molar-refractivity contribution < 1.29 is 18.0 Å². The number of carbonyl (C=O) groups is 2. The highest BCUT2D eigenvalue weighted by Crippen LogP contribution is 2.11. The molecule has 8 heteroatoms. The molecule has 1 heterocycles. The standard InChI is InChI=1S/C11H21N3O4S/c1-8(15)13-9-3-5-14(7-9)11(16)10(12)4-6-19(2,17)18/h9-10H,3-7,12H2,1-2H3,(H,13,15). The van der Waals surface area contributed by atoms with Crippen molar-refractivity contribution in [3.63, 3.8) is 0 Å². The summed E-state index contributed by atoms with van der Waals surface area (Å²) in [5.41, 5.74) is 5.71. The first-order chi connectivity index (χ1) is 8.69. The van der Waals surface area contributed by atoms with Gasteiger partial charge in [-0.15, -0.1) is 0 Å². The van der Waals surface area contributed by atoms with Crippen LogP contribution in [0.4, 0.5) is 0 Å². The molecule has 1 aliphatic heterocycles. The van der Waals surface area contributed by atoms with Gasteiger partial charge in [0.2, 0.25) is 11.8 Å². The average Bonchev–Trinajstić information content (AvgIpc) is 2.71. The molecule has 110 valence electrons. The van der Waals surface area contributed by atoms with Crippen molar-refractivity contribution >= 4 is 21.7 Å². The van der Waals surface area contributed by atoms with Gasteiger partial charge in [0.05, 0.1) is 11.8 Å². The third-order valence-corrected chi connectivity index (χ3v) is 4.00. The molecule has 1 fully saturated rings. The van der Waals surface area contributed by atoms with Gasteiger partial charge in [0.15, 0.2) is 0 Å². The number of nitrogens with two attached hydrogens (primary N) is 1. The smallest absolute Gasteiger partial charge is 0.239 e. The molecule has 1 saturated heterocycles. The van der Waals surface area contributed by atoms with Crippen molar-refractivity contribution in [2.75, 3.05) is 25.1 Å². The van der Waals surface area contributed by atoms with Crippen molar-refractivity contribution in [1.29, 1.82) is 0 Å². The molecule has 0 aromatic rings. The average molecular weight is 291 g/mol. The zero-order chi connectivity index (χ0) is 14.6. The minimum atomic E-state index is -3.11. The second-order valence-corrected chi connectivity index (χ2v) is 7.26. The molecule has 0 aromatic heterocycles. The van der Waals surface area contributed by atoms with Crippen LogP contribution in [0.1, 0.15) is 19.8 Å². The van der Waals surface area contributed by atoms with Crippen LogP contribution in [0.25, 0.3) is 0 Å². The molecule has 19 heavy (non-hydrogen) atoms. The van der Waals surface area contributed by atoms with Crippen molar-refractivity contribution in [3.05, 3.63) is 0 Å². The molecule has 0 spiro atoms. The summed E-state index contributed by atoms with van der Waals surface area (Å²) in [4.78, 5) is 24.5. The number of amides is 2. The van der Waals surface area contributed by atoms with E-state index in [2.05, 4.69) is 5.32 Å². The van der Waals surface area contributed by atoms with E-state index >= 15 is 0 Å². The molecule has 1 aliphatic rings. The number of hydrogen-bond donors (Lipinski definition) is 2. The minimum absolute atomic E-state index is 0.0384. The van der Waals surface area contributed by atoms with Crippen molar-refractivity contribution in [2.45, 2.75) is 31.8 Å². The summed E-state index contributed by atoms with van der Waals surface area (Å²) in [5, 5.41) is 2.75. The number of likely N-dealkylation sites (tertiary alicyclic amines) is 1. The van der Waals surface area contributed by atoms with Gasteiger partial charge in [-0.3, -0.25) is 9.59 Å². The molecule has 0 saturated carbocycles. The van der Waals surface area contributed by atoms with E-state index in [1.165, 1.54) is 6.92 Å². The second kappa shape index (κ2) is 6.33. The molecule has 0 radical (unpaired) electrons. The summed E-state index contributed by atoms with van der Waals surface area (Å²) < 4.78 is 22.0. The third-order valence-electron chi connectivity index (χ3n) is 3.02. The first-order valence-electron chi connectivity index (χ1n) is 6.18. The Morgan fingerprint density at radius 1 is 1.47 bits per heavy atom. The van der Waals surface area contributed by atoms with E-state index in [1.807, 2.05) is 0 Å². The molecule has 0 bridgehead atoms. The van der Waals surface area contributed by atoms with Crippen LogP contribution in [-0.4, -0.2) is 62.3 Å². The van der Waals surface area contributed by atoms with Crippen molar-refractivity contribution in [2.24, 2.45) is 5.73 Å². The van der Waals surface area contributed by atoms with Gasteiger partial charge in [-0.25, -0.2) is 8.42 Å². The summed E-state index contributed by atoms with van der Waals surface area (Å²) in [6, 6.07) is -0.839. The van der Waals surface area contributed by atoms with Crippen LogP contribution in [0.3, 0.4) is 0 Å². The Hall–Kier alpha value is -1.15. The largest absolute Gasteiger partial charge is 0.352 e. The Morgan fingerprint density at radius 3 is 2.63 bits per heavy atom. The van der Waals surface area contributed by atoms with Gasteiger partial charge in [0.25, 0.3) is 0 Å². The lowest BCUT2D eigenvalue weighted by Gasteiger charge is -2.20. The van der Waals surface area contributed by atoms with E-state index in [9.17, 15) is 18.0 Å². The molecule has 7 nitrogen and oxygen atoms in total. The van der Waals surface area contributed by atoms with E-state index in [0.717, 1.165) is 6.26 Å². The Bertz CT molecular complexity index is 449. The Kier molecular flexibility index (Phi) is 5.30. The fourth-order valence-electron chi connectivity index (χ4n) is 2.06. The quantitative estimate of drug-likeness (QED) is 0.639. The molecule has 2 amide bonds. The summed E-state index contributed by atoms with van der Waals surface area (Å²) in [7, 11) is -3.11. The number of rotatable bonds is 5. The zero-order valence-electron chi connectivity index (χ0n) is 11.3. The first-order valence-corrected chi connectivity index (χ1v) is 8.24. The van der Waals surface area contributed by atoms with Crippen LogP contribution in [0.2, 0.25) is 0 Å². The molecule has 2 atom stereocenters. The highest BCUT2D eigenvalue weighted by Gasteiger charge is 2.29. The lowest BCUT2D eigenvalue weighted by molar-refractivity contribution is -0.131. The molecule has 1 rings (SSSR count). The van der Waals surface area contributed by atoms with Crippen LogP contribution in [0.15, 0.2) is 0 Å². The second-order valence-electron chi connectivity index (χ2n) is 5.00. The van der Waals surface area contributed by atoms with Gasteiger partial charge in [0.1, 0.15) is 9.84 Å². The Morgan fingerprint density at radius 2 is 2.11 bits per heavy atom. The van der Waals surface area contributed by atoms with E-state index < -0.39 is 15.9 Å². The monoisotopic (exact) mass is 291 g/mol. The number of nitrogens with one attached hydrogen (secondary N) is 1. The SMILES string of the molecule is CC(=O)NC1CCN(C(=O)C(N)CCS(C)(=O)=O)C1. The molecule has 2 unspecified atom stereocenters. The van der Waals surface area contributed by atoms with Gasteiger partial charge >= 0.3 is 0 Å². The van der Waals surface area contributed by atoms with Gasteiger partial charge in [-0.05, 0) is 12.8 Å². The Labute approximate surface area is 113 Å². The zero-order valence-corrected chi connectivity index (χ0v) is 12.1. The number of carbonyl (C=O) groups excluding carboxylic acids is 2. The fourth-order valence-corrected chi connectivity index (χ4v) is 2.75. The fraction of sp³-hybridized carbons (Fsp3) is 0.818. The van der Waals surface area contributed by atoms with Crippen LogP contribution in [0, 0.1) is 0 Å². The first kappa shape index (κ1) is 15.9. The van der Waals surface area contributed by atoms with Gasteiger partial charge in [0, 0.05) is 32.3 Å². The number of nitrogens with zero attached hydrogens (tertiary/aromatic N) is 1. The molecule has 3 N–H and O–H groups in total. The maximum Gasteiger partial charge on any atom is 0.239 e. The maximum absolute atomic E-state index is 12.0. The van der Waals surface area contributed by atoms with Crippen LogP contribution in [0.5, 0.6) is 0 Å². The van der Waals surface area contributed by atoms with Gasteiger partial charge in [-0.1, -0.05) is 0 Å². The van der Waals surface area contributed by atoms with Gasteiger partial charge < -0.3 is 16.0 Å². The van der Waals surface area contributed by atoms with E-state index in [1.54, 1.807) is 4.90 Å². The highest BCUT2D eigenvalue weighted by molar-refractivity contribution is 7.90. The van der Waals surface area contributed by atoms with Crippen molar-refractivity contribution in [1.82, 2.24) is 10.2 Å². The summed E-state index contributed by atoms with van der Waals surface area (Å²) in [6.45, 7) is 2.41.